The Bertz CT molecular complexity index is 1400. The maximum absolute atomic E-state index is 12.0. The SMILES string of the molecule is Cc1ccc(P(c2cc(S(=O)(=O)[O-])c(C)cc2C)c2cc(S(=O)(=O)[O-])c(C)cc2C)c(C)c1.[K+].[K+]. The van der Waals surface area contributed by atoms with Crippen molar-refractivity contribution in [3.63, 3.8) is 0 Å². The van der Waals surface area contributed by atoms with Gasteiger partial charge in [-0.1, -0.05) is 35.9 Å². The summed E-state index contributed by atoms with van der Waals surface area (Å²) in [5.41, 5.74) is 4.24. The zero-order valence-electron chi connectivity index (χ0n) is 21.3. The Labute approximate surface area is 294 Å². The van der Waals surface area contributed by atoms with Gasteiger partial charge in [-0.2, -0.15) is 0 Å². The minimum absolute atomic E-state index is 0. The summed E-state index contributed by atoms with van der Waals surface area (Å²) >= 11 is 0. The second-order valence-electron chi connectivity index (χ2n) is 8.34. The number of hydrogen-bond donors (Lipinski definition) is 0. The van der Waals surface area contributed by atoms with Crippen molar-refractivity contribution in [1.29, 1.82) is 0 Å². The van der Waals surface area contributed by atoms with Crippen LogP contribution in [0.15, 0.2) is 52.3 Å². The molecule has 11 heteroatoms. The van der Waals surface area contributed by atoms with Gasteiger partial charge in [0, 0.05) is 0 Å². The summed E-state index contributed by atoms with van der Waals surface area (Å²) in [6.07, 6.45) is 0. The summed E-state index contributed by atoms with van der Waals surface area (Å²) in [5.74, 6) is 0. The number of aryl methyl sites for hydroxylation is 6. The van der Waals surface area contributed by atoms with Crippen LogP contribution in [0.2, 0.25) is 0 Å². The smallest absolute Gasteiger partial charge is 0.744 e. The molecule has 0 unspecified atom stereocenters. The van der Waals surface area contributed by atoms with Gasteiger partial charge in [-0.05, 0) is 105 Å². The van der Waals surface area contributed by atoms with Crippen molar-refractivity contribution in [2.24, 2.45) is 0 Å². The fraction of sp³-hybridized carbons (Fsp3) is 0.250. The monoisotopic (exact) mass is 582 g/mol. The first-order valence-corrected chi connectivity index (χ1v) is 14.3. The van der Waals surface area contributed by atoms with Gasteiger partial charge in [-0.3, -0.25) is 0 Å². The van der Waals surface area contributed by atoms with Crippen LogP contribution in [0, 0.1) is 41.5 Å². The van der Waals surface area contributed by atoms with Crippen molar-refractivity contribution >= 4 is 44.1 Å². The van der Waals surface area contributed by atoms with Crippen LogP contribution in [0.1, 0.15) is 33.4 Å². The van der Waals surface area contributed by atoms with Gasteiger partial charge in [0.1, 0.15) is 20.2 Å². The van der Waals surface area contributed by atoms with Crippen molar-refractivity contribution in [2.75, 3.05) is 0 Å². The van der Waals surface area contributed by atoms with Crippen LogP contribution >= 0.6 is 7.92 Å². The Balaban J connectivity index is 0.00000306. The fourth-order valence-corrected chi connectivity index (χ4v) is 8.49. The first-order chi connectivity index (χ1) is 15.1. The molecule has 0 aromatic heterocycles. The summed E-state index contributed by atoms with van der Waals surface area (Å²) < 4.78 is 71.7. The van der Waals surface area contributed by atoms with E-state index in [2.05, 4.69) is 0 Å². The van der Waals surface area contributed by atoms with Crippen molar-refractivity contribution in [2.45, 2.75) is 51.3 Å². The Morgan fingerprint density at radius 1 is 0.543 bits per heavy atom. The predicted octanol–water partition coefficient (Wildman–Crippen LogP) is -2.89. The Morgan fingerprint density at radius 2 is 0.914 bits per heavy atom. The van der Waals surface area contributed by atoms with Crippen LogP contribution in [-0.4, -0.2) is 25.9 Å². The van der Waals surface area contributed by atoms with E-state index in [1.165, 1.54) is 12.1 Å². The zero-order valence-corrected chi connectivity index (χ0v) is 30.0. The van der Waals surface area contributed by atoms with E-state index < -0.39 is 28.2 Å². The molecule has 6 nitrogen and oxygen atoms in total. The maximum Gasteiger partial charge on any atom is 1.00 e. The molecule has 0 aliphatic rings. The van der Waals surface area contributed by atoms with E-state index in [1.807, 2.05) is 45.9 Å². The van der Waals surface area contributed by atoms with E-state index in [-0.39, 0.29) is 113 Å². The molecule has 176 valence electrons. The number of rotatable bonds is 5. The summed E-state index contributed by atoms with van der Waals surface area (Å²) in [7, 11) is -10.9. The van der Waals surface area contributed by atoms with Crippen LogP contribution in [0.25, 0.3) is 0 Å². The molecule has 0 aliphatic carbocycles. The van der Waals surface area contributed by atoms with E-state index >= 15 is 0 Å². The second kappa shape index (κ2) is 13.0. The van der Waals surface area contributed by atoms with Gasteiger partial charge in [-0.15, -0.1) is 0 Å². The average molecular weight is 583 g/mol. The van der Waals surface area contributed by atoms with Crippen LogP contribution in [-0.2, 0) is 20.2 Å². The van der Waals surface area contributed by atoms with E-state index in [0.717, 1.165) is 27.6 Å². The number of hydrogen-bond acceptors (Lipinski definition) is 6. The maximum atomic E-state index is 12.0. The van der Waals surface area contributed by atoms with Gasteiger partial charge in [0.25, 0.3) is 0 Å². The molecular weight excluding hydrogens is 558 g/mol. The molecule has 3 rings (SSSR count). The minimum atomic E-state index is -4.72. The topological polar surface area (TPSA) is 114 Å². The van der Waals surface area contributed by atoms with E-state index in [9.17, 15) is 25.9 Å². The van der Waals surface area contributed by atoms with Crippen molar-refractivity contribution in [1.82, 2.24) is 0 Å². The predicted molar refractivity (Wildman–Crippen MR) is 129 cm³/mol. The molecule has 0 spiro atoms. The molecule has 0 radical (unpaired) electrons. The van der Waals surface area contributed by atoms with Crippen LogP contribution in [0.4, 0.5) is 0 Å². The van der Waals surface area contributed by atoms with Gasteiger partial charge < -0.3 is 9.11 Å². The molecule has 3 aromatic rings. The second-order valence-corrected chi connectivity index (χ2v) is 13.2. The van der Waals surface area contributed by atoms with Gasteiger partial charge in [0.2, 0.25) is 0 Å². The molecule has 0 saturated heterocycles. The first kappa shape index (κ1) is 34.2. The summed E-state index contributed by atoms with van der Waals surface area (Å²) in [5, 5.41) is 2.13. The van der Waals surface area contributed by atoms with Crippen LogP contribution < -0.4 is 119 Å². The summed E-state index contributed by atoms with van der Waals surface area (Å²) in [6, 6.07) is 12.0. The third kappa shape index (κ3) is 7.86. The molecule has 0 amide bonds. The molecular formula is C24H25K2O6PS2. The van der Waals surface area contributed by atoms with Crippen molar-refractivity contribution < 1.29 is 129 Å². The first-order valence-electron chi connectivity index (χ1n) is 10.1. The largest absolute Gasteiger partial charge is 1.00 e. The van der Waals surface area contributed by atoms with Crippen molar-refractivity contribution in [3.05, 3.63) is 75.8 Å². The minimum Gasteiger partial charge on any atom is -0.744 e. The normalized spacial score (nSPS) is 11.7. The quantitative estimate of drug-likeness (QED) is 0.181. The molecule has 35 heavy (non-hydrogen) atoms. The van der Waals surface area contributed by atoms with Gasteiger partial charge in [-0.25, -0.2) is 16.8 Å². The van der Waals surface area contributed by atoms with E-state index in [0.29, 0.717) is 21.7 Å². The van der Waals surface area contributed by atoms with Gasteiger partial charge in [0.15, 0.2) is 0 Å². The molecule has 0 saturated carbocycles. The standard InChI is InChI=1S/C24H27O6PS2.2K/c1-14-7-8-20(15(2)9-14)31(21-12-23(32(25,26)27)18(5)10-16(21)3)22-13-24(33(28,29)30)19(6)11-17(22)4;;/h7-13H,1-6H3,(H,25,26,27)(H,28,29,30);;/q;2*+1/p-2. The zero-order chi connectivity index (χ0) is 24.9. The van der Waals surface area contributed by atoms with Gasteiger partial charge in [0.05, 0.1) is 9.79 Å². The fourth-order valence-electron chi connectivity index (χ4n) is 4.11. The molecule has 0 fully saturated rings. The molecule has 0 atom stereocenters. The Hall–Kier alpha value is 1.18. The molecule has 0 bridgehead atoms. The molecule has 0 heterocycles. The Morgan fingerprint density at radius 3 is 1.26 bits per heavy atom. The van der Waals surface area contributed by atoms with Gasteiger partial charge >= 0.3 is 103 Å². The van der Waals surface area contributed by atoms with Crippen molar-refractivity contribution in [3.8, 4) is 0 Å². The van der Waals surface area contributed by atoms with Crippen LogP contribution in [0.3, 0.4) is 0 Å². The third-order valence-electron chi connectivity index (χ3n) is 5.60. The van der Waals surface area contributed by atoms with E-state index in [1.54, 1.807) is 26.0 Å². The third-order valence-corrected chi connectivity index (χ3v) is 10.5. The van der Waals surface area contributed by atoms with Crippen LogP contribution in [0.5, 0.6) is 0 Å². The average Bonchev–Trinajstić information content (AvgIpc) is 2.64. The van der Waals surface area contributed by atoms with E-state index in [4.69, 9.17) is 0 Å². The summed E-state index contributed by atoms with van der Waals surface area (Å²) in [6.45, 7) is 10.7. The molecule has 0 aliphatic heterocycles. The number of benzene rings is 3. The molecule has 0 N–H and O–H groups in total. The molecule has 3 aromatic carbocycles. The Kier molecular flexibility index (Phi) is 12.7. The summed E-state index contributed by atoms with van der Waals surface area (Å²) in [4.78, 5) is -0.608.